The predicted octanol–water partition coefficient (Wildman–Crippen LogP) is 5.37. The number of hydrogen-bond donors (Lipinski definition) is 0. The van der Waals surface area contributed by atoms with Crippen LogP contribution in [0.25, 0.3) is 6.08 Å². The zero-order valence-corrected chi connectivity index (χ0v) is 23.4. The number of allylic oxidation sites excluding steroid dienone is 1. The lowest BCUT2D eigenvalue weighted by Gasteiger charge is -2.44. The van der Waals surface area contributed by atoms with Gasteiger partial charge in [-0.2, -0.15) is 5.26 Å². The Labute approximate surface area is 235 Å². The van der Waals surface area contributed by atoms with Gasteiger partial charge in [0.15, 0.2) is 0 Å². The fraction of sp³-hybridized carbons (Fsp3) is 0.581. The minimum absolute atomic E-state index is 0.0588. The fourth-order valence-electron chi connectivity index (χ4n) is 6.13. The maximum Gasteiger partial charge on any atom is 0.330 e. The summed E-state index contributed by atoms with van der Waals surface area (Å²) in [5.74, 6) is -0.214. The summed E-state index contributed by atoms with van der Waals surface area (Å²) in [5.41, 5.74) is 2.47. The second-order valence-corrected chi connectivity index (χ2v) is 11.3. The molecule has 3 saturated heterocycles. The van der Waals surface area contributed by atoms with Crippen molar-refractivity contribution < 1.29 is 32.9 Å². The number of oxazole rings is 1. The van der Waals surface area contributed by atoms with E-state index in [-0.39, 0.29) is 42.4 Å². The number of fused-ring (bicyclic) bond motifs is 9. The van der Waals surface area contributed by atoms with E-state index in [1.54, 1.807) is 18.4 Å². The number of rotatable bonds is 1. The first-order chi connectivity index (χ1) is 19.3. The molecule has 5 heterocycles. The van der Waals surface area contributed by atoms with Crippen LogP contribution < -0.4 is 0 Å². The Morgan fingerprint density at radius 3 is 2.83 bits per heavy atom. The number of esters is 1. The third-order valence-electron chi connectivity index (χ3n) is 8.20. The van der Waals surface area contributed by atoms with Crippen molar-refractivity contribution in [3.05, 3.63) is 59.9 Å². The van der Waals surface area contributed by atoms with Crippen molar-refractivity contribution in [2.24, 2.45) is 11.8 Å². The van der Waals surface area contributed by atoms with E-state index in [1.807, 2.05) is 26.8 Å². The number of aromatic nitrogens is 1. The van der Waals surface area contributed by atoms with E-state index in [1.165, 1.54) is 12.2 Å². The highest BCUT2D eigenvalue weighted by atomic mass is 16.7. The predicted molar refractivity (Wildman–Crippen MR) is 145 cm³/mol. The van der Waals surface area contributed by atoms with Crippen LogP contribution in [0.2, 0.25) is 0 Å². The van der Waals surface area contributed by atoms with Gasteiger partial charge in [-0.25, -0.2) is 9.78 Å². The first-order valence-electron chi connectivity index (χ1n) is 14.1. The summed E-state index contributed by atoms with van der Waals surface area (Å²) in [7, 11) is 0. The van der Waals surface area contributed by atoms with Gasteiger partial charge in [-0.1, -0.05) is 32.1 Å². The van der Waals surface area contributed by atoms with Gasteiger partial charge in [-0.3, -0.25) is 0 Å². The van der Waals surface area contributed by atoms with Crippen LogP contribution in [0.1, 0.15) is 70.7 Å². The van der Waals surface area contributed by atoms with E-state index in [9.17, 15) is 10.1 Å². The Hall–Kier alpha value is -3.03. The first kappa shape index (κ1) is 28.5. The number of nitrogens with zero attached hydrogens (tertiary/aromatic N) is 2. The van der Waals surface area contributed by atoms with Crippen LogP contribution >= 0.6 is 0 Å². The van der Waals surface area contributed by atoms with E-state index in [2.05, 4.69) is 17.6 Å². The topological polar surface area (TPSA) is 113 Å². The lowest BCUT2D eigenvalue weighted by molar-refractivity contribution is -0.226. The molecule has 40 heavy (non-hydrogen) atoms. The minimum Gasteiger partial charge on any atom is -0.458 e. The fourth-order valence-corrected chi connectivity index (χ4v) is 6.13. The minimum atomic E-state index is -0.605. The molecule has 0 N–H and O–H groups in total. The monoisotopic (exact) mass is 550 g/mol. The molecule has 9 nitrogen and oxygen atoms in total. The molecule has 0 aliphatic carbocycles. The van der Waals surface area contributed by atoms with Crippen LogP contribution in [-0.2, 0) is 28.5 Å². The molecule has 4 aliphatic rings. The highest BCUT2D eigenvalue weighted by Crippen LogP contribution is 2.37. The van der Waals surface area contributed by atoms with Crippen LogP contribution in [0.3, 0.4) is 0 Å². The Kier molecular flexibility index (Phi) is 9.01. The van der Waals surface area contributed by atoms with Gasteiger partial charge in [0.05, 0.1) is 43.2 Å². The van der Waals surface area contributed by atoms with Gasteiger partial charge in [0.25, 0.3) is 0 Å². The molecule has 3 fully saturated rings. The van der Waals surface area contributed by atoms with E-state index in [0.29, 0.717) is 37.5 Å². The zero-order valence-electron chi connectivity index (χ0n) is 23.4. The molecule has 1 aromatic rings. The van der Waals surface area contributed by atoms with Crippen molar-refractivity contribution in [3.8, 4) is 6.07 Å². The van der Waals surface area contributed by atoms with Crippen LogP contribution in [0.15, 0.2) is 52.7 Å². The van der Waals surface area contributed by atoms with Crippen LogP contribution in [0.5, 0.6) is 0 Å². The SMILES string of the molecule is C=C1CC2C[C@H]3CCO[C@H](O3)c3coc(n3)/C=C/C[C@@H]3O[C@H](/C(C)=C\C#N)[C@H](C)[C@@H](OC(=O)/C=C/[C@@H](C1)O2)[C@H]3C. The third kappa shape index (κ3) is 6.64. The van der Waals surface area contributed by atoms with Crippen LogP contribution in [0.4, 0.5) is 0 Å². The molecule has 8 bridgehead atoms. The van der Waals surface area contributed by atoms with Crippen molar-refractivity contribution in [2.45, 2.75) is 95.8 Å². The number of hydrogen-bond acceptors (Lipinski definition) is 9. The average molecular weight is 551 g/mol. The van der Waals surface area contributed by atoms with Crippen molar-refractivity contribution in [1.29, 1.82) is 5.26 Å². The summed E-state index contributed by atoms with van der Waals surface area (Å²) in [6.07, 6.45) is 11.4. The van der Waals surface area contributed by atoms with Gasteiger partial charge < -0.3 is 28.1 Å². The molecule has 214 valence electrons. The molecule has 0 amide bonds. The molecule has 9 heteroatoms. The lowest BCUT2D eigenvalue weighted by Crippen LogP contribution is -2.50. The van der Waals surface area contributed by atoms with E-state index in [0.717, 1.165) is 24.0 Å². The maximum atomic E-state index is 13.0. The zero-order chi connectivity index (χ0) is 28.2. The molecule has 0 aromatic carbocycles. The lowest BCUT2D eigenvalue weighted by atomic mass is 9.79. The molecule has 1 unspecified atom stereocenters. The Morgan fingerprint density at radius 1 is 1.15 bits per heavy atom. The quantitative estimate of drug-likeness (QED) is 0.259. The molecule has 5 rings (SSSR count). The summed E-state index contributed by atoms with van der Waals surface area (Å²) in [6.45, 7) is 10.7. The second kappa shape index (κ2) is 12.6. The van der Waals surface area contributed by atoms with Crippen molar-refractivity contribution >= 4 is 12.0 Å². The number of carbonyl (C=O) groups is 1. The van der Waals surface area contributed by atoms with Crippen molar-refractivity contribution in [2.75, 3.05) is 6.61 Å². The third-order valence-corrected chi connectivity index (χ3v) is 8.20. The molecular formula is C31H38N2O7. The second-order valence-electron chi connectivity index (χ2n) is 11.3. The largest absolute Gasteiger partial charge is 0.458 e. The van der Waals surface area contributed by atoms with Crippen LogP contribution in [0, 0.1) is 23.2 Å². The van der Waals surface area contributed by atoms with E-state index < -0.39 is 18.4 Å². The van der Waals surface area contributed by atoms with Gasteiger partial charge in [0, 0.05) is 30.4 Å². The van der Waals surface area contributed by atoms with Crippen molar-refractivity contribution in [3.63, 3.8) is 0 Å². The molecule has 1 aromatic heterocycles. The maximum absolute atomic E-state index is 13.0. The van der Waals surface area contributed by atoms with E-state index in [4.69, 9.17) is 28.1 Å². The summed E-state index contributed by atoms with van der Waals surface area (Å²) in [5, 5.41) is 9.24. The molecule has 0 radical (unpaired) electrons. The van der Waals surface area contributed by atoms with E-state index >= 15 is 0 Å². The molecule has 0 spiro atoms. The van der Waals surface area contributed by atoms with Gasteiger partial charge in [0.1, 0.15) is 18.1 Å². The summed E-state index contributed by atoms with van der Waals surface area (Å²) >= 11 is 0. The number of ether oxygens (including phenoxy) is 5. The Morgan fingerprint density at radius 2 is 2.00 bits per heavy atom. The Balaban J connectivity index is 1.43. The standard InChI is InChI=1S/C31H38N2O7/c1-18-14-22-8-9-28(34)40-30-20(3)26(39-29(21(30)4)19(2)10-12-32)6-5-7-27-33-25(17-36-27)31-35-13-11-23(38-31)16-24(15-18)37-22/h5,7-10,17,20-24,26,29-31H,1,6,11,13-16H2,2-4H3/b7-5+,9-8+,19-10-/t20-,21-,22-,23+,24?,26-,29+,30-,31+/m0/s1. The Bertz CT molecular complexity index is 1210. The average Bonchev–Trinajstić information content (AvgIpc) is 3.40. The molecular weight excluding hydrogens is 512 g/mol. The van der Waals surface area contributed by atoms with Crippen LogP contribution in [-0.4, -0.2) is 54.2 Å². The molecule has 4 aliphatic heterocycles. The highest BCUT2D eigenvalue weighted by molar-refractivity contribution is 5.82. The smallest absolute Gasteiger partial charge is 0.330 e. The highest BCUT2D eigenvalue weighted by Gasteiger charge is 2.43. The summed E-state index contributed by atoms with van der Waals surface area (Å²) in [4.78, 5) is 17.6. The van der Waals surface area contributed by atoms with Gasteiger partial charge >= 0.3 is 5.97 Å². The number of carbonyl (C=O) groups excluding carboxylic acids is 1. The van der Waals surface area contributed by atoms with Gasteiger partial charge in [-0.15, -0.1) is 0 Å². The summed E-state index contributed by atoms with van der Waals surface area (Å²) in [6, 6.07) is 2.09. The number of nitriles is 1. The molecule has 0 saturated carbocycles. The van der Waals surface area contributed by atoms with Crippen molar-refractivity contribution in [1.82, 2.24) is 4.98 Å². The summed E-state index contributed by atoms with van der Waals surface area (Å²) < 4.78 is 36.6. The normalized spacial score (nSPS) is 39.0. The van der Waals surface area contributed by atoms with Gasteiger partial charge in [-0.05, 0) is 50.3 Å². The van der Waals surface area contributed by atoms with Gasteiger partial charge in [0.2, 0.25) is 12.2 Å². The molecule has 9 atom stereocenters. The first-order valence-corrected chi connectivity index (χ1v) is 14.1.